The van der Waals surface area contributed by atoms with E-state index in [9.17, 15) is 0 Å². The Morgan fingerprint density at radius 3 is 1.57 bits per heavy atom. The number of aliphatic hydroxyl groups is 1. The van der Waals surface area contributed by atoms with E-state index in [0.29, 0.717) is 6.61 Å². The summed E-state index contributed by atoms with van der Waals surface area (Å²) in [6.45, 7) is 2.60. The molecule has 0 aromatic heterocycles. The van der Waals surface area contributed by atoms with Crippen LogP contribution in [-0.4, -0.2) is 16.0 Å². The molecule has 0 radical (unpaired) electrons. The van der Waals surface area contributed by atoms with Gasteiger partial charge in [0.05, 0.1) is 0 Å². The van der Waals surface area contributed by atoms with Gasteiger partial charge >= 0.3 is 0 Å². The van der Waals surface area contributed by atoms with Gasteiger partial charge < -0.3 is 5.11 Å². The van der Waals surface area contributed by atoms with Gasteiger partial charge in [-0.05, 0) is 6.42 Å². The Bertz CT molecular complexity index is 78.7. The van der Waals surface area contributed by atoms with Gasteiger partial charge in [-0.1, -0.05) is 80.3 Å². The quantitative estimate of drug-likeness (QED) is 0.521. The van der Waals surface area contributed by atoms with Crippen LogP contribution in [-0.2, 0) is 0 Å². The molecule has 0 fully saturated rings. The minimum absolute atomic E-state index is 0.369. The lowest BCUT2D eigenvalue weighted by Gasteiger charge is -1.97. The van der Waals surface area contributed by atoms with E-state index in [0.717, 1.165) is 6.42 Å². The Kier molecular flexibility index (Phi) is 20.0. The molecule has 0 aliphatic carbocycles. The number of halogens is 3. The van der Waals surface area contributed by atoms with Gasteiger partial charge in [-0.25, -0.2) is 0 Å². The molecule has 0 heterocycles. The van der Waals surface area contributed by atoms with Gasteiger partial charge in [-0.15, -0.1) is 0 Å². The second-order valence-electron chi connectivity index (χ2n) is 3.09. The standard InChI is InChI=1S/C9H20O.CHCl3/c1-2-3-4-5-6-7-8-9-10;2-1(3)4/h10H,2-9H2,1H3;1H. The normalized spacial score (nSPS) is 9.86. The van der Waals surface area contributed by atoms with Gasteiger partial charge in [-0.2, -0.15) is 0 Å². The van der Waals surface area contributed by atoms with Crippen LogP contribution in [0, 0.1) is 0 Å². The maximum Gasteiger partial charge on any atom is 0.180 e. The number of rotatable bonds is 7. The van der Waals surface area contributed by atoms with Crippen LogP contribution in [0.1, 0.15) is 51.9 Å². The Labute approximate surface area is 103 Å². The van der Waals surface area contributed by atoms with Crippen molar-refractivity contribution in [2.45, 2.75) is 56.2 Å². The maximum atomic E-state index is 8.47. The van der Waals surface area contributed by atoms with Crippen LogP contribution in [0.4, 0.5) is 0 Å². The molecular formula is C10H21Cl3O. The van der Waals surface area contributed by atoms with Crippen molar-refractivity contribution in [3.8, 4) is 0 Å². The SMILES string of the molecule is CCCCCCCCCO.ClC(Cl)Cl. The molecule has 0 aromatic carbocycles. The first-order chi connectivity index (χ1) is 6.65. The number of hydrogen-bond acceptors (Lipinski definition) is 1. The van der Waals surface area contributed by atoms with Crippen LogP contribution in [0.5, 0.6) is 0 Å². The molecule has 0 spiro atoms. The fourth-order valence-corrected chi connectivity index (χ4v) is 1.07. The van der Waals surface area contributed by atoms with Crippen molar-refractivity contribution < 1.29 is 5.11 Å². The summed E-state index contributed by atoms with van der Waals surface area (Å²) in [5.41, 5.74) is 0. The predicted octanol–water partition coefficient (Wildman–Crippen LogP) is 4.72. The average molecular weight is 264 g/mol. The zero-order chi connectivity index (χ0) is 11.2. The van der Waals surface area contributed by atoms with E-state index < -0.39 is 4.30 Å². The summed E-state index contributed by atoms with van der Waals surface area (Å²) in [5, 5.41) is 8.47. The third-order valence-corrected chi connectivity index (χ3v) is 1.76. The molecule has 0 rings (SSSR count). The van der Waals surface area contributed by atoms with Crippen molar-refractivity contribution >= 4 is 34.8 Å². The lowest BCUT2D eigenvalue weighted by atomic mass is 10.1. The molecule has 0 aromatic rings. The molecule has 14 heavy (non-hydrogen) atoms. The summed E-state index contributed by atoms with van der Waals surface area (Å²) >= 11 is 14.4. The molecular weight excluding hydrogens is 242 g/mol. The van der Waals surface area contributed by atoms with Crippen LogP contribution in [0.2, 0.25) is 0 Å². The molecule has 0 saturated heterocycles. The highest BCUT2D eigenvalue weighted by molar-refractivity contribution is 6.63. The summed E-state index contributed by atoms with van der Waals surface area (Å²) in [7, 11) is 0. The molecule has 1 nitrogen and oxygen atoms in total. The lowest BCUT2D eigenvalue weighted by molar-refractivity contribution is 0.282. The largest absolute Gasteiger partial charge is 0.396 e. The molecule has 88 valence electrons. The predicted molar refractivity (Wildman–Crippen MR) is 66.4 cm³/mol. The summed E-state index contributed by atoms with van der Waals surface area (Å²) in [4.78, 5) is 0. The number of aliphatic hydroxyl groups excluding tert-OH is 1. The van der Waals surface area contributed by atoms with Gasteiger partial charge in [-0.3, -0.25) is 0 Å². The van der Waals surface area contributed by atoms with Crippen molar-refractivity contribution in [2.75, 3.05) is 6.61 Å². The molecule has 0 aliphatic heterocycles. The Morgan fingerprint density at radius 2 is 1.21 bits per heavy atom. The maximum absolute atomic E-state index is 8.47. The first-order valence-corrected chi connectivity index (χ1v) is 6.49. The molecule has 0 amide bonds. The summed E-state index contributed by atoms with van der Waals surface area (Å²) in [6.07, 6.45) is 8.93. The van der Waals surface area contributed by atoms with E-state index in [1.54, 1.807) is 0 Å². The van der Waals surface area contributed by atoms with E-state index in [-0.39, 0.29) is 0 Å². The number of hydrogen-bond donors (Lipinski definition) is 1. The molecule has 0 atom stereocenters. The molecule has 0 saturated carbocycles. The molecule has 4 heteroatoms. The minimum Gasteiger partial charge on any atom is -0.396 e. The highest BCUT2D eigenvalue weighted by Crippen LogP contribution is 2.05. The van der Waals surface area contributed by atoms with Crippen molar-refractivity contribution in [1.29, 1.82) is 0 Å². The summed E-state index contributed by atoms with van der Waals surface area (Å²) in [6, 6.07) is 0. The zero-order valence-corrected chi connectivity index (χ0v) is 11.1. The molecule has 0 unspecified atom stereocenters. The number of unbranched alkanes of at least 4 members (excludes halogenated alkanes) is 6. The van der Waals surface area contributed by atoms with Crippen molar-refractivity contribution in [3.63, 3.8) is 0 Å². The van der Waals surface area contributed by atoms with Gasteiger partial charge in [0, 0.05) is 6.61 Å². The van der Waals surface area contributed by atoms with Crippen molar-refractivity contribution in [3.05, 3.63) is 0 Å². The van der Waals surface area contributed by atoms with Crippen LogP contribution in [0.3, 0.4) is 0 Å². The van der Waals surface area contributed by atoms with Gasteiger partial charge in [0.2, 0.25) is 0 Å². The fourth-order valence-electron chi connectivity index (χ4n) is 1.07. The lowest BCUT2D eigenvalue weighted by Crippen LogP contribution is -1.83. The van der Waals surface area contributed by atoms with Crippen LogP contribution in [0.25, 0.3) is 0 Å². The molecule has 0 bridgehead atoms. The third kappa shape index (κ3) is 29.3. The van der Waals surface area contributed by atoms with Crippen LogP contribution in [0.15, 0.2) is 0 Å². The zero-order valence-electron chi connectivity index (χ0n) is 8.82. The third-order valence-electron chi connectivity index (χ3n) is 1.76. The smallest absolute Gasteiger partial charge is 0.180 e. The number of alkyl halides is 3. The Hall–Kier alpha value is 0.830. The topological polar surface area (TPSA) is 20.2 Å². The first-order valence-electron chi connectivity index (χ1n) is 5.18. The van der Waals surface area contributed by atoms with E-state index >= 15 is 0 Å². The van der Waals surface area contributed by atoms with Crippen molar-refractivity contribution in [2.24, 2.45) is 0 Å². The monoisotopic (exact) mass is 262 g/mol. The van der Waals surface area contributed by atoms with E-state index in [4.69, 9.17) is 39.9 Å². The van der Waals surface area contributed by atoms with Crippen molar-refractivity contribution in [1.82, 2.24) is 0 Å². The van der Waals surface area contributed by atoms with E-state index in [2.05, 4.69) is 6.92 Å². The summed E-state index contributed by atoms with van der Waals surface area (Å²) in [5.74, 6) is 0. The van der Waals surface area contributed by atoms with Gasteiger partial charge in [0.1, 0.15) is 0 Å². The van der Waals surface area contributed by atoms with Crippen LogP contribution >= 0.6 is 34.8 Å². The second kappa shape index (κ2) is 16.3. The van der Waals surface area contributed by atoms with Gasteiger partial charge in [0.25, 0.3) is 0 Å². The minimum atomic E-state index is -0.750. The first kappa shape index (κ1) is 17.2. The fraction of sp³-hybridized carbons (Fsp3) is 1.00. The van der Waals surface area contributed by atoms with Crippen LogP contribution < -0.4 is 0 Å². The summed E-state index contributed by atoms with van der Waals surface area (Å²) < 4.78 is -0.750. The molecule has 0 aliphatic rings. The van der Waals surface area contributed by atoms with E-state index in [1.165, 1.54) is 38.5 Å². The Balaban J connectivity index is 0. The average Bonchev–Trinajstić information content (AvgIpc) is 2.10. The molecule has 1 N–H and O–H groups in total. The Morgan fingerprint density at radius 1 is 0.857 bits per heavy atom. The van der Waals surface area contributed by atoms with E-state index in [1.807, 2.05) is 0 Å². The van der Waals surface area contributed by atoms with Gasteiger partial charge in [0.15, 0.2) is 4.30 Å². The highest BCUT2D eigenvalue weighted by atomic mass is 35.6. The highest BCUT2D eigenvalue weighted by Gasteiger charge is 1.88. The second-order valence-corrected chi connectivity index (χ2v) is 5.07.